The van der Waals surface area contributed by atoms with Crippen LogP contribution in [0.2, 0.25) is 0 Å². The van der Waals surface area contributed by atoms with E-state index in [9.17, 15) is 4.79 Å². The molecule has 0 amide bonds. The van der Waals surface area contributed by atoms with Crippen molar-refractivity contribution in [3.8, 4) is 0 Å². The Morgan fingerprint density at radius 2 is 2.15 bits per heavy atom. The summed E-state index contributed by atoms with van der Waals surface area (Å²) in [4.78, 5) is 11.0. The molecule has 0 bridgehead atoms. The topological polar surface area (TPSA) is 49.3 Å². The van der Waals surface area contributed by atoms with Gasteiger partial charge >= 0.3 is 5.97 Å². The van der Waals surface area contributed by atoms with Crippen LogP contribution in [-0.2, 0) is 4.79 Å². The molecule has 0 spiro atoms. The van der Waals surface area contributed by atoms with Crippen molar-refractivity contribution < 1.29 is 9.90 Å². The summed E-state index contributed by atoms with van der Waals surface area (Å²) in [5.74, 6) is -0.0863. The van der Waals surface area contributed by atoms with Gasteiger partial charge in [-0.1, -0.05) is 12.8 Å². The van der Waals surface area contributed by atoms with E-state index in [1.54, 1.807) is 0 Å². The average Bonchev–Trinajstić information content (AvgIpc) is 2.42. The molecule has 3 atom stereocenters. The van der Waals surface area contributed by atoms with Gasteiger partial charge in [-0.3, -0.25) is 10.1 Å². The third-order valence-electron chi connectivity index (χ3n) is 3.56. The van der Waals surface area contributed by atoms with Crippen LogP contribution in [0.4, 0.5) is 0 Å². The number of carboxylic acids is 1. The summed E-state index contributed by atoms with van der Waals surface area (Å²) in [6.45, 7) is 1.81. The van der Waals surface area contributed by atoms with Crippen LogP contribution in [0, 0.1) is 5.92 Å². The Labute approximate surface area is 78.5 Å². The summed E-state index contributed by atoms with van der Waals surface area (Å²) in [7, 11) is 0. The van der Waals surface area contributed by atoms with Crippen molar-refractivity contribution in [2.75, 3.05) is 0 Å². The van der Waals surface area contributed by atoms with E-state index in [1.165, 1.54) is 19.3 Å². The lowest BCUT2D eigenvalue weighted by Crippen LogP contribution is -2.47. The van der Waals surface area contributed by atoms with Crippen LogP contribution in [0.3, 0.4) is 0 Å². The fourth-order valence-electron chi connectivity index (χ4n) is 2.78. The van der Waals surface area contributed by atoms with Crippen LogP contribution in [0.15, 0.2) is 0 Å². The normalized spacial score (nSPS) is 44.4. The van der Waals surface area contributed by atoms with E-state index in [4.69, 9.17) is 5.11 Å². The van der Waals surface area contributed by atoms with E-state index in [0.717, 1.165) is 12.8 Å². The number of hydrogen-bond acceptors (Lipinski definition) is 2. The summed E-state index contributed by atoms with van der Waals surface area (Å²) in [6.07, 6.45) is 5.71. The summed E-state index contributed by atoms with van der Waals surface area (Å²) < 4.78 is 0. The first-order valence-corrected chi connectivity index (χ1v) is 5.13. The van der Waals surface area contributed by atoms with Crippen molar-refractivity contribution in [1.29, 1.82) is 0 Å². The maximum Gasteiger partial charge on any atom is 0.323 e. The smallest absolute Gasteiger partial charge is 0.323 e. The third kappa shape index (κ3) is 1.46. The molecule has 3 nitrogen and oxygen atoms in total. The standard InChI is InChI=1S/C10H17NO2/c1-10(9(12)13)6-7-4-2-3-5-8(7)11-10/h7-8,11H,2-6H2,1H3,(H,12,13)/t7-,8-,10+/m1/s1. The Morgan fingerprint density at radius 1 is 1.46 bits per heavy atom. The molecular formula is C10H17NO2. The van der Waals surface area contributed by atoms with Gasteiger partial charge < -0.3 is 5.11 Å². The predicted octanol–water partition coefficient (Wildman–Crippen LogP) is 1.38. The first kappa shape index (κ1) is 9.00. The zero-order valence-corrected chi connectivity index (χ0v) is 8.05. The number of rotatable bonds is 1. The van der Waals surface area contributed by atoms with Crippen molar-refractivity contribution >= 4 is 5.97 Å². The van der Waals surface area contributed by atoms with Gasteiger partial charge in [0.05, 0.1) is 0 Å². The molecule has 2 aliphatic rings. The van der Waals surface area contributed by atoms with Gasteiger partial charge in [-0.05, 0) is 32.1 Å². The molecule has 3 heteroatoms. The molecule has 0 aromatic heterocycles. The number of aliphatic carboxylic acids is 1. The summed E-state index contributed by atoms with van der Waals surface area (Å²) in [5.41, 5.74) is -0.653. The second-order valence-electron chi connectivity index (χ2n) is 4.64. The molecule has 0 radical (unpaired) electrons. The number of hydrogen-bond donors (Lipinski definition) is 2. The van der Waals surface area contributed by atoms with Crippen LogP contribution in [0.25, 0.3) is 0 Å². The molecule has 2 fully saturated rings. The van der Waals surface area contributed by atoms with E-state index in [2.05, 4.69) is 5.32 Å². The minimum absolute atomic E-state index is 0.467. The maximum absolute atomic E-state index is 11.0. The fourth-order valence-corrected chi connectivity index (χ4v) is 2.78. The van der Waals surface area contributed by atoms with Crippen LogP contribution >= 0.6 is 0 Å². The van der Waals surface area contributed by atoms with E-state index in [0.29, 0.717) is 12.0 Å². The Kier molecular flexibility index (Phi) is 2.06. The first-order chi connectivity index (χ1) is 6.12. The van der Waals surface area contributed by atoms with E-state index in [1.807, 2.05) is 6.92 Å². The minimum Gasteiger partial charge on any atom is -0.480 e. The largest absolute Gasteiger partial charge is 0.480 e. The first-order valence-electron chi connectivity index (χ1n) is 5.13. The van der Waals surface area contributed by atoms with Crippen molar-refractivity contribution in [3.05, 3.63) is 0 Å². The van der Waals surface area contributed by atoms with Gasteiger partial charge in [0.25, 0.3) is 0 Å². The fraction of sp³-hybridized carbons (Fsp3) is 0.900. The Balaban J connectivity index is 2.10. The zero-order valence-electron chi connectivity index (χ0n) is 8.05. The maximum atomic E-state index is 11.0. The molecule has 1 aliphatic carbocycles. The Morgan fingerprint density at radius 3 is 2.77 bits per heavy atom. The van der Waals surface area contributed by atoms with Gasteiger partial charge in [0.15, 0.2) is 0 Å². The number of carbonyl (C=O) groups is 1. The van der Waals surface area contributed by atoms with Crippen molar-refractivity contribution in [2.24, 2.45) is 5.92 Å². The molecule has 0 aromatic rings. The van der Waals surface area contributed by atoms with Crippen LogP contribution < -0.4 is 5.32 Å². The number of fused-ring (bicyclic) bond motifs is 1. The van der Waals surface area contributed by atoms with Gasteiger partial charge in [-0.25, -0.2) is 0 Å². The highest BCUT2D eigenvalue weighted by Crippen LogP contribution is 2.37. The molecule has 1 aliphatic heterocycles. The summed E-state index contributed by atoms with van der Waals surface area (Å²) in [5, 5.41) is 12.3. The highest BCUT2D eigenvalue weighted by atomic mass is 16.4. The Bertz CT molecular complexity index is 213. The third-order valence-corrected chi connectivity index (χ3v) is 3.56. The molecule has 1 saturated carbocycles. The van der Waals surface area contributed by atoms with E-state index in [-0.39, 0.29) is 0 Å². The molecule has 0 aromatic carbocycles. The molecule has 2 rings (SSSR count). The van der Waals surface area contributed by atoms with Crippen molar-refractivity contribution in [2.45, 2.75) is 50.6 Å². The molecule has 0 unspecified atom stereocenters. The molecular weight excluding hydrogens is 166 g/mol. The van der Waals surface area contributed by atoms with Crippen LogP contribution in [-0.4, -0.2) is 22.7 Å². The lowest BCUT2D eigenvalue weighted by molar-refractivity contribution is -0.143. The Hall–Kier alpha value is -0.570. The van der Waals surface area contributed by atoms with Gasteiger partial charge in [-0.2, -0.15) is 0 Å². The molecule has 1 saturated heterocycles. The lowest BCUT2D eigenvalue weighted by Gasteiger charge is -2.24. The van der Waals surface area contributed by atoms with Gasteiger partial charge in [0.1, 0.15) is 5.54 Å². The van der Waals surface area contributed by atoms with Crippen molar-refractivity contribution in [3.63, 3.8) is 0 Å². The SMILES string of the molecule is C[C@@]1(C(=O)O)C[C@H]2CCCC[C@H]2N1. The molecule has 1 heterocycles. The highest BCUT2D eigenvalue weighted by molar-refractivity contribution is 5.78. The van der Waals surface area contributed by atoms with E-state index < -0.39 is 11.5 Å². The predicted molar refractivity (Wildman–Crippen MR) is 49.5 cm³/mol. The summed E-state index contributed by atoms with van der Waals surface area (Å²) in [6, 6.07) is 0.467. The van der Waals surface area contributed by atoms with E-state index >= 15 is 0 Å². The molecule has 74 valence electrons. The zero-order chi connectivity index (χ0) is 9.47. The van der Waals surface area contributed by atoms with Gasteiger partial charge in [-0.15, -0.1) is 0 Å². The second kappa shape index (κ2) is 2.98. The van der Waals surface area contributed by atoms with Gasteiger partial charge in [0.2, 0.25) is 0 Å². The molecule has 13 heavy (non-hydrogen) atoms. The number of nitrogens with one attached hydrogen (secondary N) is 1. The van der Waals surface area contributed by atoms with Crippen LogP contribution in [0.5, 0.6) is 0 Å². The highest BCUT2D eigenvalue weighted by Gasteiger charge is 2.46. The molecule has 2 N–H and O–H groups in total. The van der Waals surface area contributed by atoms with Gasteiger partial charge in [0, 0.05) is 6.04 Å². The monoisotopic (exact) mass is 183 g/mol. The second-order valence-corrected chi connectivity index (χ2v) is 4.64. The minimum atomic E-state index is -0.693. The summed E-state index contributed by atoms with van der Waals surface area (Å²) >= 11 is 0. The number of carboxylic acid groups (broad SMARTS) is 1. The quantitative estimate of drug-likeness (QED) is 0.645. The lowest BCUT2D eigenvalue weighted by atomic mass is 9.83. The van der Waals surface area contributed by atoms with Crippen molar-refractivity contribution in [1.82, 2.24) is 5.32 Å². The average molecular weight is 183 g/mol. The van der Waals surface area contributed by atoms with Crippen LogP contribution in [0.1, 0.15) is 39.0 Å².